The maximum atomic E-state index is 12.4. The highest BCUT2D eigenvalue weighted by molar-refractivity contribution is 7.99. The van der Waals surface area contributed by atoms with Crippen LogP contribution >= 0.6 is 11.8 Å². The standard InChI is InChI=1S/C16H20N2OS/c1-13(20-11-14-7-4-3-5-8-14)15(19)18(2)16(12-17)9-6-10-16/h3-5,7-8,13H,6,9-11H2,1-2H3. The predicted molar refractivity (Wildman–Crippen MR) is 82.2 cm³/mol. The Morgan fingerprint density at radius 2 is 2.10 bits per heavy atom. The molecule has 1 aromatic carbocycles. The number of amides is 1. The zero-order valence-electron chi connectivity index (χ0n) is 12.0. The van der Waals surface area contributed by atoms with E-state index in [0.717, 1.165) is 25.0 Å². The molecule has 106 valence electrons. The van der Waals surface area contributed by atoms with Crippen LogP contribution in [0.15, 0.2) is 30.3 Å². The fourth-order valence-electron chi connectivity index (χ4n) is 2.38. The van der Waals surface area contributed by atoms with Gasteiger partial charge in [-0.25, -0.2) is 0 Å². The molecule has 1 aromatic rings. The summed E-state index contributed by atoms with van der Waals surface area (Å²) in [6.07, 6.45) is 2.65. The van der Waals surface area contributed by atoms with E-state index in [1.165, 1.54) is 5.56 Å². The third-order valence-corrected chi connectivity index (χ3v) is 5.25. The Bertz CT molecular complexity index is 505. The Morgan fingerprint density at radius 1 is 1.45 bits per heavy atom. The normalized spacial score (nSPS) is 17.6. The molecule has 20 heavy (non-hydrogen) atoms. The van der Waals surface area contributed by atoms with E-state index < -0.39 is 5.54 Å². The quantitative estimate of drug-likeness (QED) is 0.835. The molecule has 1 atom stereocenters. The van der Waals surface area contributed by atoms with Crippen LogP contribution in [0.2, 0.25) is 0 Å². The van der Waals surface area contributed by atoms with Gasteiger partial charge in [-0.3, -0.25) is 4.79 Å². The summed E-state index contributed by atoms with van der Waals surface area (Å²) in [6.45, 7) is 1.93. The van der Waals surface area contributed by atoms with Gasteiger partial charge in [0.15, 0.2) is 0 Å². The molecule has 0 saturated heterocycles. The van der Waals surface area contributed by atoms with E-state index in [1.54, 1.807) is 23.7 Å². The van der Waals surface area contributed by atoms with Gasteiger partial charge in [0.25, 0.3) is 0 Å². The molecule has 1 saturated carbocycles. The van der Waals surface area contributed by atoms with Crippen molar-refractivity contribution in [3.05, 3.63) is 35.9 Å². The lowest BCUT2D eigenvalue weighted by Gasteiger charge is -2.43. The number of carbonyl (C=O) groups is 1. The summed E-state index contributed by atoms with van der Waals surface area (Å²) in [4.78, 5) is 14.1. The van der Waals surface area contributed by atoms with E-state index in [9.17, 15) is 10.1 Å². The average molecular weight is 288 g/mol. The molecule has 1 amide bonds. The van der Waals surface area contributed by atoms with Crippen LogP contribution in [-0.4, -0.2) is 28.6 Å². The van der Waals surface area contributed by atoms with Crippen molar-refractivity contribution < 1.29 is 4.79 Å². The van der Waals surface area contributed by atoms with Crippen LogP contribution < -0.4 is 0 Å². The molecule has 2 rings (SSSR count). The second kappa shape index (κ2) is 6.32. The predicted octanol–water partition coefficient (Wildman–Crippen LogP) is 3.21. The molecule has 0 bridgehead atoms. The molecule has 0 N–H and O–H groups in total. The van der Waals surface area contributed by atoms with Gasteiger partial charge in [0, 0.05) is 12.8 Å². The third-order valence-electron chi connectivity index (χ3n) is 4.05. The number of nitriles is 1. The van der Waals surface area contributed by atoms with Crippen molar-refractivity contribution in [2.24, 2.45) is 0 Å². The van der Waals surface area contributed by atoms with Crippen molar-refractivity contribution in [3.63, 3.8) is 0 Å². The van der Waals surface area contributed by atoms with E-state index in [1.807, 2.05) is 25.1 Å². The van der Waals surface area contributed by atoms with Crippen LogP contribution in [0.5, 0.6) is 0 Å². The van der Waals surface area contributed by atoms with Crippen LogP contribution in [0.4, 0.5) is 0 Å². The van der Waals surface area contributed by atoms with Crippen molar-refractivity contribution in [2.45, 2.75) is 42.7 Å². The number of thioether (sulfide) groups is 1. The topological polar surface area (TPSA) is 44.1 Å². The number of benzene rings is 1. The summed E-state index contributed by atoms with van der Waals surface area (Å²) in [5.41, 5.74) is 0.678. The van der Waals surface area contributed by atoms with Crippen molar-refractivity contribution >= 4 is 17.7 Å². The molecule has 0 aliphatic heterocycles. The Labute approximate surface area is 125 Å². The van der Waals surface area contributed by atoms with Crippen molar-refractivity contribution in [3.8, 4) is 6.07 Å². The number of hydrogen-bond acceptors (Lipinski definition) is 3. The van der Waals surface area contributed by atoms with Gasteiger partial charge in [-0.05, 0) is 31.7 Å². The average Bonchev–Trinajstić information content (AvgIpc) is 2.44. The largest absolute Gasteiger partial charge is 0.326 e. The van der Waals surface area contributed by atoms with Gasteiger partial charge >= 0.3 is 0 Å². The molecular weight excluding hydrogens is 268 g/mol. The molecule has 0 heterocycles. The molecule has 0 radical (unpaired) electrons. The Hall–Kier alpha value is -1.47. The fourth-order valence-corrected chi connectivity index (χ4v) is 3.32. The lowest BCUT2D eigenvalue weighted by molar-refractivity contribution is -0.135. The SMILES string of the molecule is CC(SCc1ccccc1)C(=O)N(C)C1(C#N)CCC1. The highest BCUT2D eigenvalue weighted by atomic mass is 32.2. The number of rotatable bonds is 5. The van der Waals surface area contributed by atoms with Crippen molar-refractivity contribution in [1.29, 1.82) is 5.26 Å². The number of nitrogens with zero attached hydrogens (tertiary/aromatic N) is 2. The van der Waals surface area contributed by atoms with E-state index in [0.29, 0.717) is 0 Å². The minimum Gasteiger partial charge on any atom is -0.326 e. The van der Waals surface area contributed by atoms with Gasteiger partial charge in [-0.15, -0.1) is 11.8 Å². The van der Waals surface area contributed by atoms with Gasteiger partial charge in [0.05, 0.1) is 11.3 Å². The lowest BCUT2D eigenvalue weighted by atomic mass is 9.76. The van der Waals surface area contributed by atoms with E-state index >= 15 is 0 Å². The molecule has 1 unspecified atom stereocenters. The first-order valence-electron chi connectivity index (χ1n) is 6.93. The van der Waals surface area contributed by atoms with Crippen LogP contribution in [0, 0.1) is 11.3 Å². The monoisotopic (exact) mass is 288 g/mol. The van der Waals surface area contributed by atoms with Crippen LogP contribution in [0.3, 0.4) is 0 Å². The van der Waals surface area contributed by atoms with Crippen LogP contribution in [0.25, 0.3) is 0 Å². The number of carbonyl (C=O) groups excluding carboxylic acids is 1. The minimum absolute atomic E-state index is 0.0622. The molecule has 1 aliphatic carbocycles. The highest BCUT2D eigenvalue weighted by Crippen LogP contribution is 2.37. The molecule has 3 nitrogen and oxygen atoms in total. The molecule has 1 aliphatic rings. The van der Waals surface area contributed by atoms with Crippen LogP contribution in [0.1, 0.15) is 31.7 Å². The second-order valence-electron chi connectivity index (χ2n) is 5.33. The Kier molecular flexibility index (Phi) is 4.72. The molecule has 0 spiro atoms. The zero-order chi connectivity index (χ0) is 14.6. The molecule has 0 aromatic heterocycles. The van der Waals surface area contributed by atoms with Gasteiger partial charge in [-0.1, -0.05) is 30.3 Å². The first-order valence-corrected chi connectivity index (χ1v) is 7.98. The Balaban J connectivity index is 1.90. The summed E-state index contributed by atoms with van der Waals surface area (Å²) in [7, 11) is 1.77. The summed E-state index contributed by atoms with van der Waals surface area (Å²) in [5, 5.41) is 9.18. The zero-order valence-corrected chi connectivity index (χ0v) is 12.8. The summed E-state index contributed by atoms with van der Waals surface area (Å²) < 4.78 is 0. The maximum absolute atomic E-state index is 12.4. The highest BCUT2D eigenvalue weighted by Gasteiger charge is 2.44. The first kappa shape index (κ1) is 14.9. The second-order valence-corrected chi connectivity index (χ2v) is 6.66. The molecular formula is C16H20N2OS. The van der Waals surface area contributed by atoms with Crippen molar-refractivity contribution in [1.82, 2.24) is 4.90 Å². The van der Waals surface area contributed by atoms with Gasteiger partial charge in [0.2, 0.25) is 5.91 Å². The number of hydrogen-bond donors (Lipinski definition) is 0. The third kappa shape index (κ3) is 2.99. The lowest BCUT2D eigenvalue weighted by Crippen LogP contribution is -2.55. The van der Waals surface area contributed by atoms with Crippen molar-refractivity contribution in [2.75, 3.05) is 7.05 Å². The van der Waals surface area contributed by atoms with Crippen LogP contribution in [-0.2, 0) is 10.5 Å². The molecule has 1 fully saturated rings. The van der Waals surface area contributed by atoms with Gasteiger partial charge < -0.3 is 4.90 Å². The molecule has 4 heteroatoms. The van der Waals surface area contributed by atoms with E-state index in [-0.39, 0.29) is 11.2 Å². The van der Waals surface area contributed by atoms with E-state index in [4.69, 9.17) is 0 Å². The smallest absolute Gasteiger partial charge is 0.236 e. The summed E-state index contributed by atoms with van der Waals surface area (Å²) in [6, 6.07) is 12.5. The fraction of sp³-hybridized carbons (Fsp3) is 0.500. The van der Waals surface area contributed by atoms with Gasteiger partial charge in [-0.2, -0.15) is 5.26 Å². The summed E-state index contributed by atoms with van der Waals surface area (Å²) >= 11 is 1.63. The first-order chi connectivity index (χ1) is 9.59. The summed E-state index contributed by atoms with van der Waals surface area (Å²) in [5.74, 6) is 0.883. The minimum atomic E-state index is -0.543. The van der Waals surface area contributed by atoms with E-state index in [2.05, 4.69) is 18.2 Å². The Morgan fingerprint density at radius 3 is 2.60 bits per heavy atom. The van der Waals surface area contributed by atoms with Gasteiger partial charge in [0.1, 0.15) is 5.54 Å². The maximum Gasteiger partial charge on any atom is 0.236 e.